The lowest BCUT2D eigenvalue weighted by atomic mass is 10.0. The number of rotatable bonds is 7. The van der Waals surface area contributed by atoms with Crippen molar-refractivity contribution in [3.05, 3.63) is 29.3 Å². The van der Waals surface area contributed by atoms with Crippen molar-refractivity contribution >= 4 is 5.97 Å². The maximum Gasteiger partial charge on any atom is 0.305 e. The fourth-order valence-corrected chi connectivity index (χ4v) is 1.71. The average molecular weight is 250 g/mol. The van der Waals surface area contributed by atoms with Gasteiger partial charge >= 0.3 is 5.97 Å². The number of hydrogen-bond donors (Lipinski definition) is 0. The normalized spacial score (nSPS) is 10.2. The first-order chi connectivity index (χ1) is 8.67. The van der Waals surface area contributed by atoms with E-state index >= 15 is 0 Å². The number of unbranched alkanes of at least 4 members (excludes halogenated alkanes) is 1. The Labute approximate surface area is 109 Å². The van der Waals surface area contributed by atoms with Crippen molar-refractivity contribution in [2.75, 3.05) is 13.7 Å². The summed E-state index contributed by atoms with van der Waals surface area (Å²) in [4.78, 5) is 11.1. The third-order valence-corrected chi connectivity index (χ3v) is 2.91. The number of esters is 1. The van der Waals surface area contributed by atoms with E-state index in [2.05, 4.69) is 11.7 Å². The minimum absolute atomic E-state index is 0.169. The van der Waals surface area contributed by atoms with Gasteiger partial charge in [0.05, 0.1) is 13.7 Å². The molecule has 0 amide bonds. The van der Waals surface area contributed by atoms with Crippen LogP contribution in [0.1, 0.15) is 37.3 Å². The highest BCUT2D eigenvalue weighted by molar-refractivity contribution is 5.69. The Hall–Kier alpha value is -1.51. The molecule has 0 bridgehead atoms. The zero-order chi connectivity index (χ0) is 13.4. The summed E-state index contributed by atoms with van der Waals surface area (Å²) in [6.07, 6.45) is 3.35. The van der Waals surface area contributed by atoms with Crippen LogP contribution in [0.5, 0.6) is 5.75 Å². The van der Waals surface area contributed by atoms with E-state index in [0.29, 0.717) is 12.8 Å². The number of hydrogen-bond acceptors (Lipinski definition) is 3. The van der Waals surface area contributed by atoms with Crippen LogP contribution < -0.4 is 4.74 Å². The molecule has 0 aromatic heterocycles. The number of carbonyl (C=O) groups excluding carboxylic acids is 1. The van der Waals surface area contributed by atoms with E-state index in [0.717, 1.165) is 30.8 Å². The first kappa shape index (κ1) is 14.6. The SMILES string of the molecule is CCCCOc1ccc(CCC(=O)OC)c(C)c1. The summed E-state index contributed by atoms with van der Waals surface area (Å²) in [5.74, 6) is 0.737. The zero-order valence-electron chi connectivity index (χ0n) is 11.5. The number of aryl methyl sites for hydroxylation is 2. The Bertz CT molecular complexity index is 385. The highest BCUT2D eigenvalue weighted by atomic mass is 16.5. The van der Waals surface area contributed by atoms with Gasteiger partial charge in [-0.2, -0.15) is 0 Å². The Morgan fingerprint density at radius 3 is 2.72 bits per heavy atom. The first-order valence-corrected chi connectivity index (χ1v) is 6.46. The second kappa shape index (κ2) is 7.75. The summed E-state index contributed by atoms with van der Waals surface area (Å²) in [5.41, 5.74) is 2.33. The summed E-state index contributed by atoms with van der Waals surface area (Å²) in [7, 11) is 1.42. The van der Waals surface area contributed by atoms with Crippen LogP contribution in [-0.4, -0.2) is 19.7 Å². The lowest BCUT2D eigenvalue weighted by molar-refractivity contribution is -0.140. The zero-order valence-corrected chi connectivity index (χ0v) is 11.5. The van der Waals surface area contributed by atoms with Crippen LogP contribution in [0, 0.1) is 6.92 Å². The van der Waals surface area contributed by atoms with Crippen molar-refractivity contribution in [3.63, 3.8) is 0 Å². The molecule has 1 aromatic carbocycles. The molecule has 3 nitrogen and oxygen atoms in total. The van der Waals surface area contributed by atoms with Gasteiger partial charge in [0.25, 0.3) is 0 Å². The van der Waals surface area contributed by atoms with E-state index in [4.69, 9.17) is 4.74 Å². The Morgan fingerprint density at radius 1 is 1.33 bits per heavy atom. The summed E-state index contributed by atoms with van der Waals surface area (Å²) in [5, 5.41) is 0. The summed E-state index contributed by atoms with van der Waals surface area (Å²) in [6, 6.07) is 6.02. The standard InChI is InChI=1S/C15H22O3/c1-4-5-10-18-14-8-6-13(12(2)11-14)7-9-15(16)17-3/h6,8,11H,4-5,7,9-10H2,1-3H3. The third kappa shape index (κ3) is 4.78. The first-order valence-electron chi connectivity index (χ1n) is 6.46. The van der Waals surface area contributed by atoms with E-state index in [-0.39, 0.29) is 5.97 Å². The smallest absolute Gasteiger partial charge is 0.305 e. The molecule has 0 unspecified atom stereocenters. The molecular formula is C15H22O3. The van der Waals surface area contributed by atoms with Crippen LogP contribution >= 0.6 is 0 Å². The molecule has 0 saturated heterocycles. The van der Waals surface area contributed by atoms with Crippen molar-refractivity contribution in [2.45, 2.75) is 39.5 Å². The monoisotopic (exact) mass is 250 g/mol. The van der Waals surface area contributed by atoms with Gasteiger partial charge in [0.15, 0.2) is 0 Å². The Morgan fingerprint density at radius 2 is 2.11 bits per heavy atom. The molecule has 0 N–H and O–H groups in total. The van der Waals surface area contributed by atoms with Gasteiger partial charge in [-0.25, -0.2) is 0 Å². The van der Waals surface area contributed by atoms with Crippen molar-refractivity contribution in [3.8, 4) is 5.75 Å². The maximum atomic E-state index is 11.1. The molecule has 1 aromatic rings. The van der Waals surface area contributed by atoms with Gasteiger partial charge < -0.3 is 9.47 Å². The molecule has 0 fully saturated rings. The van der Waals surface area contributed by atoms with Gasteiger partial charge in [-0.1, -0.05) is 19.4 Å². The molecule has 0 spiro atoms. The largest absolute Gasteiger partial charge is 0.494 e. The molecule has 0 saturated carbocycles. The second-order valence-corrected chi connectivity index (χ2v) is 4.37. The highest BCUT2D eigenvalue weighted by Crippen LogP contribution is 2.19. The molecule has 100 valence electrons. The fraction of sp³-hybridized carbons (Fsp3) is 0.533. The molecule has 0 heterocycles. The molecule has 0 aliphatic carbocycles. The molecule has 0 radical (unpaired) electrons. The lowest BCUT2D eigenvalue weighted by Gasteiger charge is -2.09. The molecular weight excluding hydrogens is 228 g/mol. The van der Waals surface area contributed by atoms with Gasteiger partial charge in [0, 0.05) is 6.42 Å². The number of carbonyl (C=O) groups is 1. The van der Waals surface area contributed by atoms with Gasteiger partial charge in [0.2, 0.25) is 0 Å². The molecule has 3 heteroatoms. The van der Waals surface area contributed by atoms with E-state index in [1.54, 1.807) is 0 Å². The molecule has 0 aliphatic rings. The number of benzene rings is 1. The van der Waals surface area contributed by atoms with Crippen molar-refractivity contribution in [2.24, 2.45) is 0 Å². The minimum atomic E-state index is -0.169. The number of methoxy groups -OCH3 is 1. The Balaban J connectivity index is 2.53. The average Bonchev–Trinajstić information content (AvgIpc) is 2.37. The molecule has 18 heavy (non-hydrogen) atoms. The quantitative estimate of drug-likeness (QED) is 0.550. The topological polar surface area (TPSA) is 35.5 Å². The highest BCUT2D eigenvalue weighted by Gasteiger charge is 2.05. The summed E-state index contributed by atoms with van der Waals surface area (Å²) in [6.45, 7) is 4.95. The van der Waals surface area contributed by atoms with Crippen molar-refractivity contribution in [1.82, 2.24) is 0 Å². The van der Waals surface area contributed by atoms with Crippen LogP contribution in [0.4, 0.5) is 0 Å². The minimum Gasteiger partial charge on any atom is -0.494 e. The number of ether oxygens (including phenoxy) is 2. The second-order valence-electron chi connectivity index (χ2n) is 4.37. The fourth-order valence-electron chi connectivity index (χ4n) is 1.71. The molecule has 1 rings (SSSR count). The van der Waals surface area contributed by atoms with Crippen molar-refractivity contribution in [1.29, 1.82) is 0 Å². The predicted octanol–water partition coefficient (Wildman–Crippen LogP) is 3.28. The van der Waals surface area contributed by atoms with Gasteiger partial charge in [-0.05, 0) is 43.0 Å². The maximum absolute atomic E-state index is 11.1. The summed E-state index contributed by atoms with van der Waals surface area (Å²) >= 11 is 0. The van der Waals surface area contributed by atoms with Crippen LogP contribution in [0.2, 0.25) is 0 Å². The van der Waals surface area contributed by atoms with Gasteiger partial charge in [0.1, 0.15) is 5.75 Å². The molecule has 0 aliphatic heterocycles. The van der Waals surface area contributed by atoms with Crippen LogP contribution in [0.25, 0.3) is 0 Å². The van der Waals surface area contributed by atoms with E-state index in [1.165, 1.54) is 12.7 Å². The van der Waals surface area contributed by atoms with Crippen LogP contribution in [0.3, 0.4) is 0 Å². The predicted molar refractivity (Wildman–Crippen MR) is 71.9 cm³/mol. The van der Waals surface area contributed by atoms with Gasteiger partial charge in [-0.3, -0.25) is 4.79 Å². The van der Waals surface area contributed by atoms with Crippen LogP contribution in [0.15, 0.2) is 18.2 Å². The van der Waals surface area contributed by atoms with E-state index in [9.17, 15) is 4.79 Å². The third-order valence-electron chi connectivity index (χ3n) is 2.91. The van der Waals surface area contributed by atoms with Crippen LogP contribution in [-0.2, 0) is 16.0 Å². The Kier molecular flexibility index (Phi) is 6.26. The van der Waals surface area contributed by atoms with E-state index in [1.807, 2.05) is 25.1 Å². The lowest BCUT2D eigenvalue weighted by Crippen LogP contribution is -2.03. The van der Waals surface area contributed by atoms with Gasteiger partial charge in [-0.15, -0.1) is 0 Å². The summed E-state index contributed by atoms with van der Waals surface area (Å²) < 4.78 is 10.3. The van der Waals surface area contributed by atoms with Crippen molar-refractivity contribution < 1.29 is 14.3 Å². The molecule has 0 atom stereocenters. The van der Waals surface area contributed by atoms with E-state index < -0.39 is 0 Å².